The van der Waals surface area contributed by atoms with Crippen molar-refractivity contribution < 1.29 is 85.0 Å². The molecule has 6 aliphatic rings. The minimum atomic E-state index is -4.78. The van der Waals surface area contributed by atoms with Gasteiger partial charge in [0, 0.05) is 45.4 Å². The second-order valence-electron chi connectivity index (χ2n) is 13.3. The first-order chi connectivity index (χ1) is 26.0. The first-order valence-corrected chi connectivity index (χ1v) is 17.3. The first kappa shape index (κ1) is 47.6. The van der Waals surface area contributed by atoms with E-state index in [1.165, 1.54) is 0 Å². The summed E-state index contributed by atoms with van der Waals surface area (Å²) in [4.78, 5) is 71.2. The van der Waals surface area contributed by atoms with Crippen LogP contribution in [0.5, 0.6) is 0 Å². The summed E-state index contributed by atoms with van der Waals surface area (Å²) in [6.07, 6.45) is -14.4. The number of halogens is 8. The maximum Gasteiger partial charge on any atom is 0.402 e. The van der Waals surface area contributed by atoms with Crippen molar-refractivity contribution in [3.8, 4) is 0 Å². The summed E-state index contributed by atoms with van der Waals surface area (Å²) in [5.74, 6) is -7.42. The van der Waals surface area contributed by atoms with Gasteiger partial charge in [-0.15, -0.1) is 24.0 Å². The normalized spacial score (nSPS) is 33.3. The number of ether oxygens (including phenoxy) is 2. The summed E-state index contributed by atoms with van der Waals surface area (Å²) in [5, 5.41) is 51.7. The number of imide groups is 3. The van der Waals surface area contributed by atoms with Crippen LogP contribution in [0, 0.1) is 17.2 Å². The van der Waals surface area contributed by atoms with E-state index < -0.39 is 135 Å². The van der Waals surface area contributed by atoms with Crippen LogP contribution in [0.2, 0.25) is 0 Å². The second kappa shape index (κ2) is 19.3. The molecule has 9 N–H and O–H groups in total. The highest BCUT2D eigenvalue weighted by Crippen LogP contribution is 2.34. The Morgan fingerprint density at radius 2 is 1.19 bits per heavy atom. The zero-order valence-corrected chi connectivity index (χ0v) is 30.9. The lowest BCUT2D eigenvalue weighted by Gasteiger charge is -2.36. The van der Waals surface area contributed by atoms with Crippen molar-refractivity contribution in [3.05, 3.63) is 0 Å². The fraction of sp³-hybridized carbons (Fsp3) is 0.759. The molecule has 0 radical (unpaired) electrons. The van der Waals surface area contributed by atoms with Crippen LogP contribution in [0.4, 0.5) is 40.7 Å². The number of amidine groups is 1. The number of rotatable bonds is 6. The summed E-state index contributed by atoms with van der Waals surface area (Å²) >= 11 is 5.90. The molecule has 6 aliphatic heterocycles. The summed E-state index contributed by atoms with van der Waals surface area (Å²) in [6.45, 7) is -1.57. The van der Waals surface area contributed by atoms with E-state index >= 15 is 0 Å². The third kappa shape index (κ3) is 11.7. The molecule has 0 aromatic rings. The molecule has 0 aliphatic carbocycles. The monoisotopic (exact) mass is 876 g/mol. The highest BCUT2D eigenvalue weighted by molar-refractivity contribution is 6.33. The Morgan fingerprint density at radius 1 is 0.754 bits per heavy atom. The quantitative estimate of drug-likeness (QED) is 0.111. The van der Waals surface area contributed by atoms with Gasteiger partial charge in [-0.05, 0) is 6.42 Å². The van der Waals surface area contributed by atoms with E-state index in [0.29, 0.717) is 22.2 Å². The smallest absolute Gasteiger partial charge is 0.394 e. The molecule has 28 heteroatoms. The average Bonchev–Trinajstić information content (AvgIpc) is 3.79. The van der Waals surface area contributed by atoms with Gasteiger partial charge in [0.25, 0.3) is 0 Å². The molecule has 57 heavy (non-hydrogen) atoms. The lowest BCUT2D eigenvalue weighted by atomic mass is 10.1. The highest BCUT2D eigenvalue weighted by atomic mass is 35.5. The van der Waals surface area contributed by atoms with Crippen molar-refractivity contribution in [2.24, 2.45) is 11.8 Å². The van der Waals surface area contributed by atoms with Gasteiger partial charge in [-0.3, -0.25) is 45.5 Å². The topological polar surface area (TPSA) is 283 Å². The predicted molar refractivity (Wildman–Crippen MR) is 178 cm³/mol. The molecule has 6 rings (SSSR count). The number of likely N-dealkylation sites (tertiary alicyclic amines) is 1. The number of alkyl halides is 7. The Bertz CT molecular complexity index is 1460. The summed E-state index contributed by atoms with van der Waals surface area (Å²) in [6, 6.07) is -2.96. The lowest BCUT2D eigenvalue weighted by Crippen LogP contribution is -2.62. The Kier molecular flexibility index (Phi) is 16.1. The number of carbonyl (C=O) groups excluding carboxylic acids is 6. The average molecular weight is 878 g/mol. The van der Waals surface area contributed by atoms with Crippen molar-refractivity contribution in [2.75, 3.05) is 39.4 Å². The standard InChI is InChI=1S/2C10H13F3N2O5.C9H13ClN4O2.ClH/c2*11-10(12,13)4-2-15(9(19)14-8(4)18)7-1-5(17)6(3-16)20-7;10-7-5(12-9(16)13-8(7)15)4-14-3-1-2-6(14)11;/h2*4-7,16-17H,1-3H2,(H,14,18,19);5,7,11H,1-4H2,(H2,12,13,15,16);1H/t2*4?,5-,6+,7-;;/m11../s1. The van der Waals surface area contributed by atoms with Crippen LogP contribution in [-0.2, 0) is 23.9 Å². The molecule has 20 nitrogen and oxygen atoms in total. The Balaban J connectivity index is 0.000000229. The lowest BCUT2D eigenvalue weighted by molar-refractivity contribution is -0.193. The third-order valence-electron chi connectivity index (χ3n) is 9.42. The van der Waals surface area contributed by atoms with Gasteiger partial charge in [0.1, 0.15) is 30.0 Å². The van der Waals surface area contributed by atoms with Crippen molar-refractivity contribution >= 4 is 65.7 Å². The molecule has 0 bridgehead atoms. The largest absolute Gasteiger partial charge is 0.402 e. The molecule has 324 valence electrons. The maximum absolute atomic E-state index is 12.7. The van der Waals surface area contributed by atoms with Crippen molar-refractivity contribution in [2.45, 2.75) is 86.3 Å². The maximum atomic E-state index is 12.7. The molecule has 6 heterocycles. The number of aliphatic hydroxyl groups is 4. The molecular weight excluding hydrogens is 837 g/mol. The molecule has 0 spiro atoms. The number of carbonyl (C=O) groups is 6. The van der Waals surface area contributed by atoms with Crippen LogP contribution < -0.4 is 21.3 Å². The molecule has 4 unspecified atom stereocenters. The molecule has 6 fully saturated rings. The van der Waals surface area contributed by atoms with E-state index in [-0.39, 0.29) is 25.2 Å². The van der Waals surface area contributed by atoms with Crippen LogP contribution in [0.15, 0.2) is 0 Å². The van der Waals surface area contributed by atoms with Crippen LogP contribution in [0.1, 0.15) is 25.7 Å². The summed E-state index contributed by atoms with van der Waals surface area (Å²) in [5.41, 5.74) is 0. The third-order valence-corrected chi connectivity index (χ3v) is 9.93. The van der Waals surface area contributed by atoms with Crippen LogP contribution >= 0.6 is 24.0 Å². The predicted octanol–water partition coefficient (Wildman–Crippen LogP) is -1.33. The van der Waals surface area contributed by atoms with Gasteiger partial charge in [-0.1, -0.05) is 0 Å². The van der Waals surface area contributed by atoms with Crippen molar-refractivity contribution in [1.82, 2.24) is 36.0 Å². The Morgan fingerprint density at radius 3 is 1.54 bits per heavy atom. The van der Waals surface area contributed by atoms with Crippen molar-refractivity contribution in [3.63, 3.8) is 0 Å². The Labute approximate surface area is 329 Å². The van der Waals surface area contributed by atoms with E-state index in [4.69, 9.17) is 36.7 Å². The summed E-state index contributed by atoms with van der Waals surface area (Å²) < 4.78 is 86.2. The van der Waals surface area contributed by atoms with Crippen molar-refractivity contribution in [1.29, 1.82) is 5.41 Å². The summed E-state index contributed by atoms with van der Waals surface area (Å²) in [7, 11) is 0. The van der Waals surface area contributed by atoms with Crippen LogP contribution in [0.3, 0.4) is 0 Å². The molecule has 0 aromatic heterocycles. The molecular formula is C29H40Cl2F6N8O12. The van der Waals surface area contributed by atoms with E-state index in [2.05, 4.69) is 10.6 Å². The number of aliphatic hydroxyl groups excluding tert-OH is 4. The van der Waals surface area contributed by atoms with Gasteiger partial charge in [0.15, 0.2) is 11.8 Å². The highest BCUT2D eigenvalue weighted by Gasteiger charge is 2.53. The SMILES string of the molecule is Cl.N=C1CCCN1CC1NC(=O)NC(=O)C1Cl.O=C1NC(=O)N([C@H]2C[C@@H](O)[C@H](CO)O2)CC1C(F)(F)F.O=C1NC(=O)N([C@H]2C[C@@H](O)[C@H](CO)O2)CC1C(F)(F)F. The fourth-order valence-electron chi connectivity index (χ4n) is 6.35. The molecule has 6 saturated heterocycles. The number of nitrogens with one attached hydrogen (secondary N) is 5. The van der Waals surface area contributed by atoms with Gasteiger partial charge in [-0.2, -0.15) is 26.3 Å². The van der Waals surface area contributed by atoms with Crippen LogP contribution in [0.25, 0.3) is 0 Å². The van der Waals surface area contributed by atoms with Crippen LogP contribution in [-0.4, -0.2) is 177 Å². The van der Waals surface area contributed by atoms with Gasteiger partial charge in [-0.25, -0.2) is 14.4 Å². The zero-order valence-electron chi connectivity index (χ0n) is 29.3. The second-order valence-corrected chi connectivity index (χ2v) is 13.7. The molecule has 0 aromatic carbocycles. The van der Waals surface area contributed by atoms with E-state index in [1.807, 2.05) is 4.90 Å². The number of nitrogens with zero attached hydrogens (tertiary/aromatic N) is 3. The number of hydrogen-bond acceptors (Lipinski definition) is 13. The number of hydrogen-bond donors (Lipinski definition) is 9. The Hall–Kier alpha value is -3.79. The number of amides is 9. The molecule has 9 amide bonds. The van der Waals surface area contributed by atoms with E-state index in [0.717, 1.165) is 19.4 Å². The first-order valence-electron chi connectivity index (χ1n) is 16.9. The minimum absolute atomic E-state index is 0. The van der Waals surface area contributed by atoms with E-state index in [1.54, 1.807) is 10.6 Å². The molecule has 0 saturated carbocycles. The van der Waals surface area contributed by atoms with Gasteiger partial charge < -0.3 is 40.1 Å². The van der Waals surface area contributed by atoms with E-state index in [9.17, 15) is 65.3 Å². The number of urea groups is 3. The van der Waals surface area contributed by atoms with Gasteiger partial charge in [0.05, 0.1) is 37.3 Å². The minimum Gasteiger partial charge on any atom is -0.394 e. The van der Waals surface area contributed by atoms with Gasteiger partial charge in [0.2, 0.25) is 17.7 Å². The van der Waals surface area contributed by atoms with Gasteiger partial charge >= 0.3 is 30.4 Å². The molecule has 10 atom stereocenters. The fourth-order valence-corrected chi connectivity index (χ4v) is 6.54. The zero-order chi connectivity index (χ0) is 41.9.